The third-order valence-corrected chi connectivity index (χ3v) is 4.98. The highest BCUT2D eigenvalue weighted by molar-refractivity contribution is 7.99. The Hall–Kier alpha value is -2.34. The minimum absolute atomic E-state index is 0.0223. The van der Waals surface area contributed by atoms with Gasteiger partial charge in [0.25, 0.3) is 0 Å². The first-order valence-electron chi connectivity index (χ1n) is 8.21. The Balaban J connectivity index is 1.45. The van der Waals surface area contributed by atoms with Crippen molar-refractivity contribution in [1.29, 1.82) is 0 Å². The highest BCUT2D eigenvalue weighted by atomic mass is 32.2. The van der Waals surface area contributed by atoms with Gasteiger partial charge in [-0.2, -0.15) is 0 Å². The summed E-state index contributed by atoms with van der Waals surface area (Å²) in [4.78, 5) is 17.0. The van der Waals surface area contributed by atoms with Crippen molar-refractivity contribution in [3.05, 3.63) is 60.2 Å². The van der Waals surface area contributed by atoms with Gasteiger partial charge in [0.2, 0.25) is 5.91 Å². The number of fused-ring (bicyclic) bond motifs is 1. The molecule has 1 amide bonds. The number of thioether (sulfide) groups is 1. The molecule has 0 fully saturated rings. The van der Waals surface area contributed by atoms with Gasteiger partial charge in [-0.1, -0.05) is 24.3 Å². The van der Waals surface area contributed by atoms with Gasteiger partial charge in [0.05, 0.1) is 11.0 Å². The quantitative estimate of drug-likeness (QED) is 0.655. The van der Waals surface area contributed by atoms with Crippen molar-refractivity contribution in [2.45, 2.75) is 24.8 Å². The minimum Gasteiger partial charge on any atom is -0.354 e. The molecule has 1 aromatic heterocycles. The van der Waals surface area contributed by atoms with Gasteiger partial charge in [-0.3, -0.25) is 4.79 Å². The number of hydrogen-bond donors (Lipinski definition) is 1. The molecule has 0 saturated heterocycles. The van der Waals surface area contributed by atoms with Crippen LogP contribution in [0, 0.1) is 12.7 Å². The molecule has 2 aromatic carbocycles. The van der Waals surface area contributed by atoms with Crippen LogP contribution in [0.2, 0.25) is 0 Å². The van der Waals surface area contributed by atoms with Crippen LogP contribution in [0.5, 0.6) is 0 Å². The van der Waals surface area contributed by atoms with Crippen molar-refractivity contribution in [3.63, 3.8) is 0 Å². The van der Waals surface area contributed by atoms with Crippen molar-refractivity contribution in [2.24, 2.45) is 0 Å². The van der Waals surface area contributed by atoms with Crippen LogP contribution < -0.4 is 5.32 Å². The standard InChI is InChI=1S/C19H20FN3OS/c1-14-22-16-7-3-4-8-17(16)23(14)12-11-21-19(24)10-13-25-18-9-5-2-6-15(18)20/h2-9H,10-13H2,1H3,(H,21,24). The number of imidazole rings is 1. The van der Waals surface area contributed by atoms with E-state index < -0.39 is 0 Å². The van der Waals surface area contributed by atoms with Crippen LogP contribution >= 0.6 is 11.8 Å². The molecule has 3 aromatic rings. The number of nitrogens with one attached hydrogen (secondary N) is 1. The van der Waals surface area contributed by atoms with Crippen LogP contribution in [0.4, 0.5) is 4.39 Å². The number of amides is 1. The molecule has 0 unspecified atom stereocenters. The van der Waals surface area contributed by atoms with Crippen LogP contribution in [0.15, 0.2) is 53.4 Å². The Morgan fingerprint density at radius 3 is 2.80 bits per heavy atom. The molecule has 1 heterocycles. The number of rotatable bonds is 7. The third-order valence-electron chi connectivity index (χ3n) is 3.93. The predicted octanol–water partition coefficient (Wildman–Crippen LogP) is 3.78. The van der Waals surface area contributed by atoms with Gasteiger partial charge in [-0.15, -0.1) is 11.8 Å². The van der Waals surface area contributed by atoms with E-state index in [1.165, 1.54) is 17.8 Å². The van der Waals surface area contributed by atoms with Crippen LogP contribution in [0.25, 0.3) is 11.0 Å². The van der Waals surface area contributed by atoms with E-state index in [1.807, 2.05) is 31.2 Å². The first-order chi connectivity index (χ1) is 12.1. The maximum atomic E-state index is 13.5. The highest BCUT2D eigenvalue weighted by Crippen LogP contribution is 2.21. The molecule has 0 bridgehead atoms. The monoisotopic (exact) mass is 357 g/mol. The van der Waals surface area contributed by atoms with Gasteiger partial charge >= 0.3 is 0 Å². The number of benzene rings is 2. The summed E-state index contributed by atoms with van der Waals surface area (Å²) in [6.07, 6.45) is 0.364. The Morgan fingerprint density at radius 2 is 1.96 bits per heavy atom. The summed E-state index contributed by atoms with van der Waals surface area (Å²) in [7, 11) is 0. The molecule has 0 radical (unpaired) electrons. The molecule has 25 heavy (non-hydrogen) atoms. The zero-order chi connectivity index (χ0) is 17.6. The van der Waals surface area contributed by atoms with Crippen molar-refractivity contribution in [3.8, 4) is 0 Å². The second-order valence-corrected chi connectivity index (χ2v) is 6.81. The third kappa shape index (κ3) is 4.39. The number of carbonyl (C=O) groups excluding carboxylic acids is 1. The molecule has 0 aliphatic carbocycles. The number of aromatic nitrogens is 2. The summed E-state index contributed by atoms with van der Waals surface area (Å²) < 4.78 is 15.6. The van der Waals surface area contributed by atoms with Crippen molar-refractivity contribution < 1.29 is 9.18 Å². The van der Waals surface area contributed by atoms with E-state index in [9.17, 15) is 9.18 Å². The van der Waals surface area contributed by atoms with E-state index in [4.69, 9.17) is 0 Å². The number of para-hydroxylation sites is 2. The largest absolute Gasteiger partial charge is 0.354 e. The number of carbonyl (C=O) groups is 1. The molecular formula is C19H20FN3OS. The molecule has 0 spiro atoms. The van der Waals surface area contributed by atoms with Crippen LogP contribution in [-0.2, 0) is 11.3 Å². The lowest BCUT2D eigenvalue weighted by atomic mass is 10.3. The SMILES string of the molecule is Cc1nc2ccccc2n1CCNC(=O)CCSc1ccccc1F. The molecule has 0 aliphatic heterocycles. The van der Waals surface area contributed by atoms with Gasteiger partial charge in [-0.25, -0.2) is 9.37 Å². The second kappa shape index (κ2) is 8.16. The normalized spacial score (nSPS) is 11.0. The van der Waals surface area contributed by atoms with E-state index in [1.54, 1.807) is 18.2 Å². The zero-order valence-electron chi connectivity index (χ0n) is 14.0. The molecule has 0 atom stereocenters. The average molecular weight is 357 g/mol. The van der Waals surface area contributed by atoms with E-state index in [0.717, 1.165) is 16.9 Å². The van der Waals surface area contributed by atoms with Gasteiger partial charge in [0.1, 0.15) is 11.6 Å². The Kier molecular flexibility index (Phi) is 5.71. The number of nitrogens with zero attached hydrogens (tertiary/aromatic N) is 2. The molecule has 3 rings (SSSR count). The number of hydrogen-bond acceptors (Lipinski definition) is 3. The molecule has 6 heteroatoms. The molecule has 130 valence electrons. The molecule has 0 saturated carbocycles. The lowest BCUT2D eigenvalue weighted by Gasteiger charge is -2.09. The first-order valence-corrected chi connectivity index (χ1v) is 9.19. The van der Waals surface area contributed by atoms with Gasteiger partial charge < -0.3 is 9.88 Å². The van der Waals surface area contributed by atoms with Crippen molar-refractivity contribution >= 4 is 28.7 Å². The zero-order valence-corrected chi connectivity index (χ0v) is 14.9. The van der Waals surface area contributed by atoms with Crippen molar-refractivity contribution in [2.75, 3.05) is 12.3 Å². The lowest BCUT2D eigenvalue weighted by molar-refractivity contribution is -0.120. The molecular weight excluding hydrogens is 337 g/mol. The fourth-order valence-corrected chi connectivity index (χ4v) is 3.58. The van der Waals surface area contributed by atoms with Crippen LogP contribution in [0.1, 0.15) is 12.2 Å². The van der Waals surface area contributed by atoms with E-state index >= 15 is 0 Å². The fourth-order valence-electron chi connectivity index (χ4n) is 2.69. The van der Waals surface area contributed by atoms with E-state index in [0.29, 0.717) is 30.2 Å². The molecule has 1 N–H and O–H groups in total. The van der Waals surface area contributed by atoms with Gasteiger partial charge in [0, 0.05) is 30.2 Å². The predicted molar refractivity (Wildman–Crippen MR) is 99.2 cm³/mol. The average Bonchev–Trinajstić information content (AvgIpc) is 2.92. The summed E-state index contributed by atoms with van der Waals surface area (Å²) in [6.45, 7) is 3.19. The Labute approximate surface area is 150 Å². The van der Waals surface area contributed by atoms with E-state index in [2.05, 4.69) is 14.9 Å². The summed E-state index contributed by atoms with van der Waals surface area (Å²) in [5, 5.41) is 2.92. The Morgan fingerprint density at radius 1 is 1.20 bits per heavy atom. The topological polar surface area (TPSA) is 46.9 Å². The van der Waals surface area contributed by atoms with Crippen molar-refractivity contribution in [1.82, 2.24) is 14.9 Å². The summed E-state index contributed by atoms with van der Waals surface area (Å²) in [6, 6.07) is 14.6. The lowest BCUT2D eigenvalue weighted by Crippen LogP contribution is -2.27. The van der Waals surface area contributed by atoms with Gasteiger partial charge in [-0.05, 0) is 31.2 Å². The van der Waals surface area contributed by atoms with Crippen LogP contribution in [-0.4, -0.2) is 27.8 Å². The minimum atomic E-state index is -0.240. The number of aryl methyl sites for hydroxylation is 1. The highest BCUT2D eigenvalue weighted by Gasteiger charge is 2.08. The maximum absolute atomic E-state index is 13.5. The maximum Gasteiger partial charge on any atom is 0.220 e. The smallest absolute Gasteiger partial charge is 0.220 e. The van der Waals surface area contributed by atoms with Gasteiger partial charge in [0.15, 0.2) is 0 Å². The summed E-state index contributed by atoms with van der Waals surface area (Å²) >= 11 is 1.36. The summed E-state index contributed by atoms with van der Waals surface area (Å²) in [5.74, 6) is 1.23. The number of halogens is 1. The summed E-state index contributed by atoms with van der Waals surface area (Å²) in [5.41, 5.74) is 2.04. The first kappa shape index (κ1) is 17.5. The molecule has 0 aliphatic rings. The second-order valence-electron chi connectivity index (χ2n) is 5.68. The fraction of sp³-hybridized carbons (Fsp3) is 0.263. The molecule has 4 nitrogen and oxygen atoms in total. The van der Waals surface area contributed by atoms with E-state index in [-0.39, 0.29) is 11.7 Å². The Bertz CT molecular complexity index is 878. The van der Waals surface area contributed by atoms with Crippen LogP contribution in [0.3, 0.4) is 0 Å².